The van der Waals surface area contributed by atoms with Gasteiger partial charge >= 0.3 is 0 Å². The smallest absolute Gasteiger partial charge is 0.0700 e. The van der Waals surface area contributed by atoms with Gasteiger partial charge in [-0.25, -0.2) is 0 Å². The van der Waals surface area contributed by atoms with Gasteiger partial charge in [-0.2, -0.15) is 0 Å². The molecule has 0 saturated carbocycles. The highest BCUT2D eigenvalue weighted by molar-refractivity contribution is 4.50. The molecule has 4 nitrogen and oxygen atoms in total. The van der Waals surface area contributed by atoms with Gasteiger partial charge in [0.05, 0.1) is 13.2 Å². The van der Waals surface area contributed by atoms with Crippen molar-refractivity contribution in [2.24, 2.45) is 0 Å². The summed E-state index contributed by atoms with van der Waals surface area (Å²) in [6.07, 6.45) is 2.30. The van der Waals surface area contributed by atoms with Crippen molar-refractivity contribution in [1.29, 1.82) is 0 Å². The molecule has 0 aromatic heterocycles. The minimum Gasteiger partial charge on any atom is -0.382 e. The molecule has 0 aliphatic heterocycles. The van der Waals surface area contributed by atoms with Gasteiger partial charge in [0.2, 0.25) is 0 Å². The summed E-state index contributed by atoms with van der Waals surface area (Å²) < 4.78 is 10.2. The SMILES string of the molecule is COCCOCCCCNCCN(C)C. The molecule has 0 atom stereocenters. The van der Waals surface area contributed by atoms with Crippen LogP contribution in [-0.4, -0.2) is 65.6 Å². The van der Waals surface area contributed by atoms with Gasteiger partial charge in [0, 0.05) is 26.8 Å². The van der Waals surface area contributed by atoms with E-state index in [4.69, 9.17) is 9.47 Å². The van der Waals surface area contributed by atoms with Gasteiger partial charge < -0.3 is 19.7 Å². The second-order valence-corrected chi connectivity index (χ2v) is 3.87. The minimum absolute atomic E-state index is 0.696. The first kappa shape index (κ1) is 14.8. The maximum absolute atomic E-state index is 5.36. The Morgan fingerprint density at radius 1 is 1.00 bits per heavy atom. The van der Waals surface area contributed by atoms with Gasteiger partial charge in [-0.05, 0) is 33.5 Å². The quantitative estimate of drug-likeness (QED) is 0.514. The monoisotopic (exact) mass is 218 g/mol. The van der Waals surface area contributed by atoms with E-state index in [1.54, 1.807) is 7.11 Å². The van der Waals surface area contributed by atoms with Gasteiger partial charge in [0.25, 0.3) is 0 Å². The Hall–Kier alpha value is -0.160. The molecule has 0 amide bonds. The largest absolute Gasteiger partial charge is 0.382 e. The Balaban J connectivity index is 2.87. The Bertz CT molecular complexity index is 121. The molecule has 0 bridgehead atoms. The van der Waals surface area contributed by atoms with E-state index in [1.807, 2.05) is 0 Å². The Kier molecular flexibility index (Phi) is 11.8. The van der Waals surface area contributed by atoms with Crippen LogP contribution < -0.4 is 5.32 Å². The molecule has 0 heterocycles. The van der Waals surface area contributed by atoms with Crippen molar-refractivity contribution in [2.75, 3.05) is 60.7 Å². The average Bonchev–Trinajstić information content (AvgIpc) is 2.20. The van der Waals surface area contributed by atoms with Gasteiger partial charge in [-0.15, -0.1) is 0 Å². The van der Waals surface area contributed by atoms with Crippen LogP contribution in [-0.2, 0) is 9.47 Å². The van der Waals surface area contributed by atoms with Crippen LogP contribution in [0.1, 0.15) is 12.8 Å². The summed E-state index contributed by atoms with van der Waals surface area (Å²) in [5.74, 6) is 0. The molecule has 0 aliphatic rings. The predicted molar refractivity (Wildman–Crippen MR) is 63.4 cm³/mol. The molecule has 0 aliphatic carbocycles. The van der Waals surface area contributed by atoms with E-state index >= 15 is 0 Å². The molecule has 0 fully saturated rings. The van der Waals surface area contributed by atoms with E-state index in [0.717, 1.165) is 32.7 Å². The number of nitrogens with zero attached hydrogens (tertiary/aromatic N) is 1. The van der Waals surface area contributed by atoms with Gasteiger partial charge in [-0.3, -0.25) is 0 Å². The molecule has 92 valence electrons. The molecule has 0 aromatic carbocycles. The van der Waals surface area contributed by atoms with Crippen LogP contribution in [0.15, 0.2) is 0 Å². The molecule has 0 radical (unpaired) electrons. The van der Waals surface area contributed by atoms with Crippen molar-refractivity contribution in [1.82, 2.24) is 10.2 Å². The Morgan fingerprint density at radius 2 is 1.80 bits per heavy atom. The Labute approximate surface area is 93.9 Å². The van der Waals surface area contributed by atoms with Gasteiger partial charge in [0.1, 0.15) is 0 Å². The third kappa shape index (κ3) is 13.8. The molecule has 0 saturated heterocycles. The lowest BCUT2D eigenvalue weighted by Crippen LogP contribution is -2.27. The highest BCUT2D eigenvalue weighted by Crippen LogP contribution is 1.88. The van der Waals surface area contributed by atoms with Gasteiger partial charge in [-0.1, -0.05) is 0 Å². The van der Waals surface area contributed by atoms with Crippen molar-refractivity contribution < 1.29 is 9.47 Å². The normalized spacial score (nSPS) is 11.2. The summed E-state index contributed by atoms with van der Waals surface area (Å²) in [5, 5.41) is 3.40. The summed E-state index contributed by atoms with van der Waals surface area (Å²) in [6.45, 7) is 5.51. The second-order valence-electron chi connectivity index (χ2n) is 3.87. The average molecular weight is 218 g/mol. The molecule has 0 aromatic rings. The molecule has 15 heavy (non-hydrogen) atoms. The van der Waals surface area contributed by atoms with Crippen molar-refractivity contribution >= 4 is 0 Å². The summed E-state index contributed by atoms with van der Waals surface area (Å²) >= 11 is 0. The van der Waals surface area contributed by atoms with Gasteiger partial charge in [0.15, 0.2) is 0 Å². The summed E-state index contributed by atoms with van der Waals surface area (Å²) in [4.78, 5) is 2.18. The van der Waals surface area contributed by atoms with Crippen molar-refractivity contribution in [3.8, 4) is 0 Å². The minimum atomic E-state index is 0.696. The maximum atomic E-state index is 5.36. The molecule has 1 N–H and O–H groups in total. The zero-order valence-electron chi connectivity index (χ0n) is 10.4. The topological polar surface area (TPSA) is 33.7 Å². The van der Waals surface area contributed by atoms with E-state index in [0.29, 0.717) is 13.2 Å². The van der Waals surface area contributed by atoms with Crippen LogP contribution in [0.5, 0.6) is 0 Å². The number of rotatable bonds is 11. The first-order valence-corrected chi connectivity index (χ1v) is 5.69. The van der Waals surface area contributed by atoms with Crippen LogP contribution in [0.2, 0.25) is 0 Å². The van der Waals surface area contributed by atoms with Crippen molar-refractivity contribution in [3.63, 3.8) is 0 Å². The third-order valence-electron chi connectivity index (χ3n) is 2.06. The highest BCUT2D eigenvalue weighted by Gasteiger charge is 1.91. The maximum Gasteiger partial charge on any atom is 0.0700 e. The fourth-order valence-electron chi connectivity index (χ4n) is 1.13. The fourth-order valence-corrected chi connectivity index (χ4v) is 1.13. The summed E-state index contributed by atoms with van der Waals surface area (Å²) in [6, 6.07) is 0. The molecular weight excluding hydrogens is 192 g/mol. The molecule has 0 rings (SSSR count). The molecule has 4 heteroatoms. The van der Waals surface area contributed by atoms with E-state index in [2.05, 4.69) is 24.3 Å². The second kappa shape index (κ2) is 11.9. The number of hydrogen-bond acceptors (Lipinski definition) is 4. The van der Waals surface area contributed by atoms with E-state index in [1.165, 1.54) is 6.42 Å². The van der Waals surface area contributed by atoms with E-state index < -0.39 is 0 Å². The van der Waals surface area contributed by atoms with Crippen LogP contribution in [0.4, 0.5) is 0 Å². The summed E-state index contributed by atoms with van der Waals surface area (Å²) in [5.41, 5.74) is 0. The zero-order chi connectivity index (χ0) is 11.4. The molecular formula is C11H26N2O2. The zero-order valence-corrected chi connectivity index (χ0v) is 10.4. The van der Waals surface area contributed by atoms with Crippen LogP contribution >= 0.6 is 0 Å². The number of methoxy groups -OCH3 is 1. The first-order valence-electron chi connectivity index (χ1n) is 5.69. The number of hydrogen-bond donors (Lipinski definition) is 1. The van der Waals surface area contributed by atoms with Crippen molar-refractivity contribution in [3.05, 3.63) is 0 Å². The van der Waals surface area contributed by atoms with E-state index in [-0.39, 0.29) is 0 Å². The third-order valence-corrected chi connectivity index (χ3v) is 2.06. The van der Waals surface area contributed by atoms with Crippen LogP contribution in [0.3, 0.4) is 0 Å². The lowest BCUT2D eigenvalue weighted by Gasteiger charge is -2.10. The lowest BCUT2D eigenvalue weighted by molar-refractivity contribution is 0.0688. The highest BCUT2D eigenvalue weighted by atomic mass is 16.5. The number of likely N-dealkylation sites (N-methyl/N-ethyl adjacent to an activating group) is 1. The van der Waals surface area contributed by atoms with Crippen LogP contribution in [0, 0.1) is 0 Å². The van der Waals surface area contributed by atoms with Crippen molar-refractivity contribution in [2.45, 2.75) is 12.8 Å². The fraction of sp³-hybridized carbons (Fsp3) is 1.00. The Morgan fingerprint density at radius 3 is 2.47 bits per heavy atom. The lowest BCUT2D eigenvalue weighted by atomic mass is 10.3. The summed E-state index contributed by atoms with van der Waals surface area (Å²) in [7, 11) is 5.87. The van der Waals surface area contributed by atoms with E-state index in [9.17, 15) is 0 Å². The number of nitrogens with one attached hydrogen (secondary N) is 1. The molecule has 0 spiro atoms. The first-order chi connectivity index (χ1) is 7.27. The standard InChI is InChI=1S/C11H26N2O2/c1-13(2)8-7-12-6-4-5-9-15-11-10-14-3/h12H,4-11H2,1-3H3. The van der Waals surface area contributed by atoms with Crippen LogP contribution in [0.25, 0.3) is 0 Å². The molecule has 0 unspecified atom stereocenters. The number of unbranched alkanes of at least 4 members (excludes halogenated alkanes) is 1. The predicted octanol–water partition coefficient (Wildman–Crippen LogP) is 0.581. The number of ether oxygens (including phenoxy) is 2.